The number of nitrogens with zero attached hydrogens (tertiary/aromatic N) is 5. The van der Waals surface area contributed by atoms with E-state index in [1.165, 1.54) is 10.4 Å². The number of carbonyl (C=O) groups excluding carboxylic acids is 1. The molecular weight excluding hydrogens is 372 g/mol. The van der Waals surface area contributed by atoms with Crippen LogP contribution in [0.3, 0.4) is 0 Å². The Bertz CT molecular complexity index is 1020. The average Bonchev–Trinajstić information content (AvgIpc) is 3.29. The van der Waals surface area contributed by atoms with Gasteiger partial charge in [-0.1, -0.05) is 32.0 Å². The Morgan fingerprint density at radius 3 is 2.82 bits per heavy atom. The molecule has 2 N–H and O–H groups in total. The number of aryl methyl sites for hydroxylation is 1. The van der Waals surface area contributed by atoms with E-state index in [0.29, 0.717) is 31.4 Å². The van der Waals surface area contributed by atoms with E-state index in [1.807, 2.05) is 25.1 Å². The van der Waals surface area contributed by atoms with Crippen LogP contribution in [0.2, 0.25) is 0 Å². The van der Waals surface area contributed by atoms with Gasteiger partial charge in [0.2, 0.25) is 5.82 Å². The zero-order valence-corrected chi connectivity index (χ0v) is 17.2. The first kappa shape index (κ1) is 18.8. The van der Waals surface area contributed by atoms with Crippen LogP contribution in [0, 0.1) is 6.92 Å². The zero-order chi connectivity index (χ0) is 19.8. The maximum Gasteiger partial charge on any atom is 0.293 e. The van der Waals surface area contributed by atoms with Crippen molar-refractivity contribution in [3.63, 3.8) is 0 Å². The number of aromatic nitrogens is 4. The Labute approximate surface area is 168 Å². The van der Waals surface area contributed by atoms with Crippen LogP contribution in [0.25, 0.3) is 5.69 Å². The molecule has 0 fully saturated rings. The molecule has 4 rings (SSSR count). The summed E-state index contributed by atoms with van der Waals surface area (Å²) in [7, 11) is 0. The largest absolute Gasteiger partial charge is 0.330 e. The van der Waals surface area contributed by atoms with E-state index >= 15 is 0 Å². The van der Waals surface area contributed by atoms with E-state index in [2.05, 4.69) is 35.0 Å². The molecule has 7 nitrogen and oxygen atoms in total. The lowest BCUT2D eigenvalue weighted by Crippen LogP contribution is -2.36. The number of para-hydroxylation sites is 1. The molecule has 8 heteroatoms. The topological polar surface area (TPSA) is 89.9 Å². The number of nitrogens with two attached hydrogens (primary N) is 1. The fourth-order valence-corrected chi connectivity index (χ4v) is 4.48. The van der Waals surface area contributed by atoms with Gasteiger partial charge >= 0.3 is 0 Å². The lowest BCUT2D eigenvalue weighted by atomic mass is 10.0. The normalized spacial score (nSPS) is 13.8. The van der Waals surface area contributed by atoms with Gasteiger partial charge in [-0.15, -0.1) is 16.4 Å². The summed E-state index contributed by atoms with van der Waals surface area (Å²) in [5.41, 5.74) is 8.79. The standard InChI is InChI=1S/C20H24N6OS/c1-12(2)14-6-4-5-7-16(14)26-13(3)22-19(24-26)20(27)25-9-8-17-15(11-25)23-18(10-21)28-17/h4-7,12H,8-11,21H2,1-3H3. The lowest BCUT2D eigenvalue weighted by Gasteiger charge is -2.24. The number of hydrogen-bond donors (Lipinski definition) is 1. The molecule has 1 amide bonds. The molecule has 2 aromatic heterocycles. The highest BCUT2D eigenvalue weighted by molar-refractivity contribution is 7.11. The molecular formula is C20H24N6OS. The number of carbonyl (C=O) groups is 1. The zero-order valence-electron chi connectivity index (χ0n) is 16.3. The predicted octanol–water partition coefficient (Wildman–Crippen LogP) is 2.81. The van der Waals surface area contributed by atoms with Gasteiger partial charge in [-0.3, -0.25) is 4.79 Å². The number of fused-ring (bicyclic) bond motifs is 1. The minimum absolute atomic E-state index is 0.156. The van der Waals surface area contributed by atoms with Crippen LogP contribution in [-0.4, -0.2) is 37.1 Å². The van der Waals surface area contributed by atoms with E-state index in [1.54, 1.807) is 20.9 Å². The quantitative estimate of drug-likeness (QED) is 0.732. The lowest BCUT2D eigenvalue weighted by molar-refractivity contribution is 0.0721. The van der Waals surface area contributed by atoms with Crippen LogP contribution >= 0.6 is 11.3 Å². The van der Waals surface area contributed by atoms with Crippen molar-refractivity contribution in [2.24, 2.45) is 5.73 Å². The van der Waals surface area contributed by atoms with E-state index < -0.39 is 0 Å². The smallest absolute Gasteiger partial charge is 0.293 e. The molecule has 0 radical (unpaired) electrons. The van der Waals surface area contributed by atoms with Gasteiger partial charge in [-0.25, -0.2) is 14.6 Å². The first-order valence-electron chi connectivity index (χ1n) is 9.47. The number of hydrogen-bond acceptors (Lipinski definition) is 6. The molecule has 1 aliphatic rings. The SMILES string of the molecule is Cc1nc(C(=O)N2CCc3sc(CN)nc3C2)nn1-c1ccccc1C(C)C. The first-order chi connectivity index (χ1) is 13.5. The highest BCUT2D eigenvalue weighted by Gasteiger charge is 2.28. The molecule has 0 spiro atoms. The second-order valence-corrected chi connectivity index (χ2v) is 8.43. The molecule has 0 aliphatic carbocycles. The van der Waals surface area contributed by atoms with Gasteiger partial charge in [0.05, 0.1) is 17.9 Å². The fraction of sp³-hybridized carbons (Fsp3) is 0.400. The summed E-state index contributed by atoms with van der Waals surface area (Å²) in [5.74, 6) is 1.12. The predicted molar refractivity (Wildman–Crippen MR) is 109 cm³/mol. The monoisotopic (exact) mass is 396 g/mol. The Kier molecular flexibility index (Phi) is 4.99. The molecule has 0 saturated heterocycles. The van der Waals surface area contributed by atoms with Crippen molar-refractivity contribution in [1.29, 1.82) is 0 Å². The summed E-state index contributed by atoms with van der Waals surface area (Å²) in [6, 6.07) is 8.10. The van der Waals surface area contributed by atoms with Gasteiger partial charge in [-0.05, 0) is 24.5 Å². The number of benzene rings is 1. The average molecular weight is 397 g/mol. The number of thiazole rings is 1. The summed E-state index contributed by atoms with van der Waals surface area (Å²) >= 11 is 1.64. The van der Waals surface area contributed by atoms with Crippen LogP contribution in [0.15, 0.2) is 24.3 Å². The van der Waals surface area contributed by atoms with Gasteiger partial charge in [0.15, 0.2) is 0 Å². The van der Waals surface area contributed by atoms with Crippen molar-refractivity contribution in [1.82, 2.24) is 24.6 Å². The van der Waals surface area contributed by atoms with Gasteiger partial charge in [0, 0.05) is 24.4 Å². The van der Waals surface area contributed by atoms with Crippen molar-refractivity contribution in [3.8, 4) is 5.69 Å². The second kappa shape index (κ2) is 7.44. The summed E-state index contributed by atoms with van der Waals surface area (Å²) in [5, 5.41) is 5.47. The van der Waals surface area contributed by atoms with Crippen LogP contribution in [0.5, 0.6) is 0 Å². The van der Waals surface area contributed by atoms with Crippen LogP contribution in [-0.2, 0) is 19.5 Å². The molecule has 3 heterocycles. The van der Waals surface area contributed by atoms with E-state index in [4.69, 9.17) is 5.73 Å². The highest BCUT2D eigenvalue weighted by atomic mass is 32.1. The summed E-state index contributed by atoms with van der Waals surface area (Å²) in [4.78, 5) is 25.1. The first-order valence-corrected chi connectivity index (χ1v) is 10.3. The van der Waals surface area contributed by atoms with Crippen LogP contribution in [0.1, 0.15) is 57.4 Å². The highest BCUT2D eigenvalue weighted by Crippen LogP contribution is 2.26. The molecule has 1 aliphatic heterocycles. The van der Waals surface area contributed by atoms with E-state index in [9.17, 15) is 4.79 Å². The molecule has 1 aromatic carbocycles. The van der Waals surface area contributed by atoms with Gasteiger partial charge in [0.25, 0.3) is 5.91 Å². The van der Waals surface area contributed by atoms with E-state index in [0.717, 1.165) is 22.8 Å². The van der Waals surface area contributed by atoms with Crippen molar-refractivity contribution in [3.05, 3.63) is 57.1 Å². The third kappa shape index (κ3) is 3.33. The molecule has 0 saturated carbocycles. The molecule has 0 bridgehead atoms. The van der Waals surface area contributed by atoms with Gasteiger partial charge in [-0.2, -0.15) is 0 Å². The molecule has 28 heavy (non-hydrogen) atoms. The van der Waals surface area contributed by atoms with Crippen molar-refractivity contribution in [2.45, 2.75) is 46.2 Å². The third-order valence-electron chi connectivity index (χ3n) is 4.98. The fourth-order valence-electron chi connectivity index (χ4n) is 3.53. The molecule has 0 atom stereocenters. The molecule has 0 unspecified atom stereocenters. The number of rotatable bonds is 4. The Morgan fingerprint density at radius 2 is 2.07 bits per heavy atom. The Hall–Kier alpha value is -2.58. The maximum absolute atomic E-state index is 13.0. The minimum Gasteiger partial charge on any atom is -0.330 e. The summed E-state index contributed by atoms with van der Waals surface area (Å²) in [6.07, 6.45) is 0.800. The third-order valence-corrected chi connectivity index (χ3v) is 6.16. The summed E-state index contributed by atoms with van der Waals surface area (Å²) in [6.45, 7) is 7.74. The summed E-state index contributed by atoms with van der Waals surface area (Å²) < 4.78 is 1.77. The molecule has 3 aromatic rings. The Morgan fingerprint density at radius 1 is 1.29 bits per heavy atom. The van der Waals surface area contributed by atoms with Crippen molar-refractivity contribution < 1.29 is 4.79 Å². The van der Waals surface area contributed by atoms with Gasteiger partial charge < -0.3 is 10.6 Å². The molecule has 146 valence electrons. The van der Waals surface area contributed by atoms with Crippen LogP contribution < -0.4 is 5.73 Å². The van der Waals surface area contributed by atoms with E-state index in [-0.39, 0.29) is 11.7 Å². The van der Waals surface area contributed by atoms with Crippen LogP contribution in [0.4, 0.5) is 0 Å². The maximum atomic E-state index is 13.0. The van der Waals surface area contributed by atoms with Crippen molar-refractivity contribution in [2.75, 3.05) is 6.54 Å². The van der Waals surface area contributed by atoms with Crippen molar-refractivity contribution >= 4 is 17.2 Å². The number of amides is 1. The van der Waals surface area contributed by atoms with Gasteiger partial charge in [0.1, 0.15) is 10.8 Å². The Balaban J connectivity index is 1.61. The second-order valence-electron chi connectivity index (χ2n) is 7.27. The minimum atomic E-state index is -0.156.